The highest BCUT2D eigenvalue weighted by molar-refractivity contribution is 14.1. The van der Waals surface area contributed by atoms with E-state index in [0.717, 1.165) is 6.20 Å². The van der Waals surface area contributed by atoms with E-state index in [-0.39, 0.29) is 23.0 Å². The largest absolute Gasteiger partial charge is 0.351 e. The Balaban J connectivity index is 1.76. The lowest BCUT2D eigenvalue weighted by molar-refractivity contribution is 0.0795. The Morgan fingerprint density at radius 3 is 2.69 bits per heavy atom. The molecule has 5 nitrogen and oxygen atoms in total. The molecule has 0 unspecified atom stereocenters. The average Bonchev–Trinajstić information content (AvgIpc) is 2.55. The van der Waals surface area contributed by atoms with Gasteiger partial charge < -0.3 is 10.6 Å². The van der Waals surface area contributed by atoms with Crippen LogP contribution in [0.25, 0.3) is 0 Å². The van der Waals surface area contributed by atoms with E-state index in [4.69, 9.17) is 0 Å². The van der Waals surface area contributed by atoms with Gasteiger partial charge in [-0.1, -0.05) is 0 Å². The quantitative estimate of drug-likeness (QED) is 0.630. The molecule has 0 saturated carbocycles. The van der Waals surface area contributed by atoms with Crippen molar-refractivity contribution in [2.75, 3.05) is 31.6 Å². The van der Waals surface area contributed by atoms with Gasteiger partial charge in [-0.15, -0.1) is 0 Å². The summed E-state index contributed by atoms with van der Waals surface area (Å²) in [5, 5.41) is 5.43. The van der Waals surface area contributed by atoms with Gasteiger partial charge in [-0.05, 0) is 40.8 Å². The van der Waals surface area contributed by atoms with E-state index >= 15 is 0 Å². The first-order chi connectivity index (χ1) is 12.5. The molecule has 0 aliphatic carbocycles. The molecule has 2 heterocycles. The number of pyridine rings is 1. The second kappa shape index (κ2) is 8.21. The summed E-state index contributed by atoms with van der Waals surface area (Å²) in [6, 6.07) is 4.34. The maximum Gasteiger partial charge on any atom is 0.256 e. The third-order valence-electron chi connectivity index (χ3n) is 4.02. The summed E-state index contributed by atoms with van der Waals surface area (Å²) < 4.78 is 41.2. The Morgan fingerprint density at radius 1 is 1.23 bits per heavy atom. The van der Waals surface area contributed by atoms with Crippen molar-refractivity contribution in [3.63, 3.8) is 0 Å². The molecule has 9 heteroatoms. The van der Waals surface area contributed by atoms with E-state index in [2.05, 4.69) is 15.6 Å². The summed E-state index contributed by atoms with van der Waals surface area (Å²) in [7, 11) is 0. The number of alkyl halides is 1. The molecule has 0 radical (unpaired) electrons. The molecule has 1 aromatic carbocycles. The number of halogens is 4. The third kappa shape index (κ3) is 4.26. The molecular weight excluding hydrogens is 460 g/mol. The van der Waals surface area contributed by atoms with Crippen LogP contribution in [-0.4, -0.2) is 48.1 Å². The van der Waals surface area contributed by atoms with Gasteiger partial charge in [0.05, 0.1) is 29.8 Å². The van der Waals surface area contributed by atoms with Gasteiger partial charge in [-0.3, -0.25) is 14.7 Å². The topological polar surface area (TPSA) is 57.3 Å². The lowest BCUT2D eigenvalue weighted by Gasteiger charge is -2.39. The van der Waals surface area contributed by atoms with E-state index in [0.29, 0.717) is 23.2 Å². The second-order valence-corrected chi connectivity index (χ2v) is 7.16. The van der Waals surface area contributed by atoms with Crippen LogP contribution in [0.2, 0.25) is 0 Å². The summed E-state index contributed by atoms with van der Waals surface area (Å²) in [5.74, 6) is -1.95. The van der Waals surface area contributed by atoms with Crippen molar-refractivity contribution < 1.29 is 18.0 Å². The van der Waals surface area contributed by atoms with Gasteiger partial charge in [0.15, 0.2) is 5.82 Å². The van der Waals surface area contributed by atoms with Crippen LogP contribution in [0.15, 0.2) is 30.6 Å². The van der Waals surface area contributed by atoms with E-state index in [1.165, 1.54) is 18.3 Å². The van der Waals surface area contributed by atoms with Crippen molar-refractivity contribution in [2.45, 2.75) is 6.04 Å². The molecule has 0 atom stereocenters. The number of rotatable bonds is 6. The van der Waals surface area contributed by atoms with Crippen molar-refractivity contribution in [1.82, 2.24) is 15.2 Å². The second-order valence-electron chi connectivity index (χ2n) is 5.91. The van der Waals surface area contributed by atoms with Crippen molar-refractivity contribution in [1.29, 1.82) is 0 Å². The number of hydrogen-bond donors (Lipinski definition) is 2. The van der Waals surface area contributed by atoms with Gasteiger partial charge in [0, 0.05) is 23.2 Å². The zero-order chi connectivity index (χ0) is 18.7. The molecule has 3 rings (SSSR count). The minimum atomic E-state index is -0.807. The highest BCUT2D eigenvalue weighted by Gasteiger charge is 2.29. The van der Waals surface area contributed by atoms with Crippen LogP contribution >= 0.6 is 22.6 Å². The standard InChI is InChI=1S/C17H16F3IN4O/c18-3-4-25-8-11(9-25)23-17(26)16-13(20)6-22-7-15(16)24-14-2-1-10(21)5-12(14)19/h1-2,5-7,11,24H,3-4,8-9H2,(H,23,26). The Labute approximate surface area is 162 Å². The first kappa shape index (κ1) is 18.9. The number of benzene rings is 1. The first-order valence-corrected chi connectivity index (χ1v) is 9.00. The molecule has 26 heavy (non-hydrogen) atoms. The summed E-state index contributed by atoms with van der Waals surface area (Å²) >= 11 is 1.98. The molecule has 2 N–H and O–H groups in total. The van der Waals surface area contributed by atoms with Crippen molar-refractivity contribution >= 4 is 39.9 Å². The van der Waals surface area contributed by atoms with E-state index < -0.39 is 24.2 Å². The van der Waals surface area contributed by atoms with E-state index in [9.17, 15) is 18.0 Å². The summed E-state index contributed by atoms with van der Waals surface area (Å²) in [6.45, 7) is 0.887. The zero-order valence-corrected chi connectivity index (χ0v) is 15.8. The van der Waals surface area contributed by atoms with Gasteiger partial charge in [0.1, 0.15) is 18.1 Å². The van der Waals surface area contributed by atoms with Crippen LogP contribution in [0.5, 0.6) is 0 Å². The fourth-order valence-electron chi connectivity index (χ4n) is 2.72. The molecule has 1 aliphatic rings. The molecular formula is C17H16F3IN4O. The van der Waals surface area contributed by atoms with Crippen LogP contribution in [0.4, 0.5) is 24.5 Å². The monoisotopic (exact) mass is 476 g/mol. The normalized spacial score (nSPS) is 14.8. The molecule has 1 aromatic heterocycles. The molecule has 0 spiro atoms. The Bertz CT molecular complexity index is 815. The van der Waals surface area contributed by atoms with Crippen molar-refractivity contribution in [3.8, 4) is 0 Å². The third-order valence-corrected chi connectivity index (χ3v) is 4.69. The molecule has 1 aliphatic heterocycles. The fraction of sp³-hybridized carbons (Fsp3) is 0.294. The van der Waals surface area contributed by atoms with E-state index in [1.54, 1.807) is 6.07 Å². The molecule has 0 bridgehead atoms. The van der Waals surface area contributed by atoms with Crippen LogP contribution in [0.3, 0.4) is 0 Å². The number of likely N-dealkylation sites (tertiary alicyclic amines) is 1. The number of nitrogens with one attached hydrogen (secondary N) is 2. The molecule has 1 amide bonds. The average molecular weight is 476 g/mol. The maximum absolute atomic E-state index is 14.2. The van der Waals surface area contributed by atoms with Crippen molar-refractivity contribution in [3.05, 3.63) is 51.4 Å². The number of hydrogen-bond acceptors (Lipinski definition) is 4. The fourth-order valence-corrected chi connectivity index (χ4v) is 3.17. The van der Waals surface area contributed by atoms with Crippen LogP contribution in [-0.2, 0) is 0 Å². The first-order valence-electron chi connectivity index (χ1n) is 7.92. The van der Waals surface area contributed by atoms with Gasteiger partial charge >= 0.3 is 0 Å². The molecule has 1 fully saturated rings. The Hall–Kier alpha value is -1.88. The lowest BCUT2D eigenvalue weighted by atomic mass is 10.1. The highest BCUT2D eigenvalue weighted by Crippen LogP contribution is 2.25. The van der Waals surface area contributed by atoms with E-state index in [1.807, 2.05) is 27.5 Å². The summed E-state index contributed by atoms with van der Waals surface area (Å²) in [6.07, 6.45) is 2.20. The predicted molar refractivity (Wildman–Crippen MR) is 100 cm³/mol. The summed E-state index contributed by atoms with van der Waals surface area (Å²) in [5.41, 5.74) is -0.0472. The van der Waals surface area contributed by atoms with Gasteiger partial charge in [-0.2, -0.15) is 0 Å². The zero-order valence-electron chi connectivity index (χ0n) is 13.6. The number of carbonyl (C=O) groups is 1. The number of anilines is 2. The van der Waals surface area contributed by atoms with Gasteiger partial charge in [-0.25, -0.2) is 13.2 Å². The minimum Gasteiger partial charge on any atom is -0.351 e. The van der Waals surface area contributed by atoms with Crippen LogP contribution in [0.1, 0.15) is 10.4 Å². The predicted octanol–water partition coefficient (Wildman–Crippen LogP) is 3.09. The number of amides is 1. The van der Waals surface area contributed by atoms with Crippen LogP contribution < -0.4 is 10.6 Å². The van der Waals surface area contributed by atoms with Crippen molar-refractivity contribution in [2.24, 2.45) is 0 Å². The smallest absolute Gasteiger partial charge is 0.256 e. The minimum absolute atomic E-state index is 0.0718. The summed E-state index contributed by atoms with van der Waals surface area (Å²) in [4.78, 5) is 18.0. The number of carbonyl (C=O) groups excluding carboxylic acids is 1. The van der Waals surface area contributed by atoms with Crippen LogP contribution in [0, 0.1) is 15.2 Å². The number of nitrogens with zero attached hydrogens (tertiary/aromatic N) is 2. The SMILES string of the molecule is O=C(NC1CN(CCF)C1)c1c(F)cncc1Nc1ccc(I)cc1F. The lowest BCUT2D eigenvalue weighted by Crippen LogP contribution is -2.59. The van der Waals surface area contributed by atoms with Gasteiger partial charge in [0.2, 0.25) is 0 Å². The molecule has 138 valence electrons. The molecule has 1 saturated heterocycles. The van der Waals surface area contributed by atoms with Gasteiger partial charge in [0.25, 0.3) is 5.91 Å². The number of aromatic nitrogens is 1. The Kier molecular flexibility index (Phi) is 5.97. The maximum atomic E-state index is 14.2. The highest BCUT2D eigenvalue weighted by atomic mass is 127. The molecule has 2 aromatic rings. The Morgan fingerprint density at radius 2 is 2.00 bits per heavy atom.